The molecule has 0 radical (unpaired) electrons. The van der Waals surface area contributed by atoms with Crippen molar-refractivity contribution in [3.8, 4) is 28.7 Å². The maximum Gasteiger partial charge on any atom is 0.344 e. The van der Waals surface area contributed by atoms with Gasteiger partial charge < -0.3 is 23.7 Å². The van der Waals surface area contributed by atoms with E-state index in [-0.39, 0.29) is 18.8 Å². The van der Waals surface area contributed by atoms with Gasteiger partial charge in [-0.25, -0.2) is 9.78 Å². The Morgan fingerprint density at radius 3 is 2.56 bits per heavy atom. The number of para-hydroxylation sites is 2. The van der Waals surface area contributed by atoms with Crippen molar-refractivity contribution in [1.82, 2.24) is 4.98 Å². The summed E-state index contributed by atoms with van der Waals surface area (Å²) in [6.07, 6.45) is 4.61. The first-order chi connectivity index (χ1) is 19.9. The molecule has 1 aliphatic carbocycles. The van der Waals surface area contributed by atoms with E-state index < -0.39 is 12.1 Å². The van der Waals surface area contributed by atoms with Crippen LogP contribution in [0.5, 0.6) is 17.2 Å². The van der Waals surface area contributed by atoms with E-state index in [0.717, 1.165) is 16.7 Å². The zero-order valence-corrected chi connectivity index (χ0v) is 23.0. The van der Waals surface area contributed by atoms with E-state index in [1.54, 1.807) is 30.3 Å². The molecule has 1 N–H and O–H groups in total. The third-order valence-corrected chi connectivity index (χ3v) is 6.94. The lowest BCUT2D eigenvalue weighted by Crippen LogP contribution is -2.26. The SMILES string of the molecule is COc1ccccc1OC(CC/C=C/c1cc2c(cc1OCc1nc(-c3ccccc3)oc1C)C(=O)CC2)C(=O)O. The molecule has 8 heteroatoms. The summed E-state index contributed by atoms with van der Waals surface area (Å²) in [6.45, 7) is 2.01. The Morgan fingerprint density at radius 2 is 1.80 bits per heavy atom. The van der Waals surface area contributed by atoms with Crippen LogP contribution in [-0.4, -0.2) is 35.1 Å². The zero-order valence-electron chi connectivity index (χ0n) is 23.0. The number of Topliss-reactive ketones (excluding diaryl/α,β-unsaturated/α-hetero) is 1. The van der Waals surface area contributed by atoms with Crippen LogP contribution in [0.2, 0.25) is 0 Å². The Bertz CT molecular complexity index is 1570. The third-order valence-electron chi connectivity index (χ3n) is 6.94. The Kier molecular flexibility index (Phi) is 8.48. The monoisotopic (exact) mass is 553 g/mol. The van der Waals surface area contributed by atoms with Crippen LogP contribution >= 0.6 is 0 Å². The van der Waals surface area contributed by atoms with Crippen LogP contribution in [0.3, 0.4) is 0 Å². The van der Waals surface area contributed by atoms with E-state index in [2.05, 4.69) is 4.98 Å². The number of fused-ring (bicyclic) bond motifs is 1. The van der Waals surface area contributed by atoms with Crippen LogP contribution in [0.25, 0.3) is 17.5 Å². The van der Waals surface area contributed by atoms with Crippen LogP contribution in [0.15, 0.2) is 77.2 Å². The quantitative estimate of drug-likeness (QED) is 0.207. The zero-order chi connectivity index (χ0) is 28.8. The van der Waals surface area contributed by atoms with Gasteiger partial charge in [-0.15, -0.1) is 0 Å². The molecule has 1 unspecified atom stereocenters. The summed E-state index contributed by atoms with van der Waals surface area (Å²) < 4.78 is 23.1. The minimum Gasteiger partial charge on any atom is -0.493 e. The number of carboxylic acid groups (broad SMARTS) is 1. The second kappa shape index (κ2) is 12.6. The summed E-state index contributed by atoms with van der Waals surface area (Å²) in [5.41, 5.74) is 4.01. The number of ether oxygens (including phenoxy) is 3. The number of hydrogen-bond donors (Lipinski definition) is 1. The Balaban J connectivity index is 1.30. The maximum atomic E-state index is 12.4. The normalized spacial score (nSPS) is 13.3. The highest BCUT2D eigenvalue weighted by Gasteiger charge is 2.23. The average molecular weight is 554 g/mol. The lowest BCUT2D eigenvalue weighted by molar-refractivity contribution is -0.145. The summed E-state index contributed by atoms with van der Waals surface area (Å²) >= 11 is 0. The third kappa shape index (κ3) is 6.49. The minimum atomic E-state index is -1.05. The molecule has 4 aromatic rings. The number of carboxylic acids is 1. The van der Waals surface area contributed by atoms with Crippen LogP contribution < -0.4 is 14.2 Å². The van der Waals surface area contributed by atoms with Gasteiger partial charge in [0.15, 0.2) is 23.4 Å². The molecule has 41 heavy (non-hydrogen) atoms. The first kappa shape index (κ1) is 27.7. The molecule has 0 aliphatic heterocycles. The van der Waals surface area contributed by atoms with E-state index in [4.69, 9.17) is 18.6 Å². The van der Waals surface area contributed by atoms with E-state index in [0.29, 0.717) is 59.4 Å². The van der Waals surface area contributed by atoms with Gasteiger partial charge in [0.2, 0.25) is 5.89 Å². The molecule has 0 saturated heterocycles. The topological polar surface area (TPSA) is 108 Å². The summed E-state index contributed by atoms with van der Waals surface area (Å²) in [6, 6.07) is 20.4. The molecule has 8 nitrogen and oxygen atoms in total. The molecule has 1 aliphatic rings. The first-order valence-corrected chi connectivity index (χ1v) is 13.5. The van der Waals surface area contributed by atoms with Crippen molar-refractivity contribution in [2.75, 3.05) is 7.11 Å². The van der Waals surface area contributed by atoms with Gasteiger partial charge in [0.1, 0.15) is 23.8 Å². The van der Waals surface area contributed by atoms with Crippen molar-refractivity contribution in [2.45, 2.75) is 45.3 Å². The number of methoxy groups -OCH3 is 1. The van der Waals surface area contributed by atoms with Gasteiger partial charge in [-0.1, -0.05) is 42.5 Å². The summed E-state index contributed by atoms with van der Waals surface area (Å²) in [4.78, 5) is 28.9. The summed E-state index contributed by atoms with van der Waals surface area (Å²) in [5, 5.41) is 9.71. The fourth-order valence-electron chi connectivity index (χ4n) is 4.72. The highest BCUT2D eigenvalue weighted by Crippen LogP contribution is 2.32. The van der Waals surface area contributed by atoms with E-state index >= 15 is 0 Å². The summed E-state index contributed by atoms with van der Waals surface area (Å²) in [5.74, 6) is 1.64. The number of benzene rings is 3. The Labute approximate surface area is 238 Å². The highest BCUT2D eigenvalue weighted by atomic mass is 16.5. The average Bonchev–Trinajstić information content (AvgIpc) is 3.54. The van der Waals surface area contributed by atoms with Crippen molar-refractivity contribution < 1.29 is 33.3 Å². The van der Waals surface area contributed by atoms with E-state index in [1.807, 2.05) is 55.5 Å². The number of carbonyl (C=O) groups excluding carboxylic acids is 1. The minimum absolute atomic E-state index is 0.0992. The largest absolute Gasteiger partial charge is 0.493 e. The molecule has 0 amide bonds. The van der Waals surface area contributed by atoms with E-state index in [1.165, 1.54) is 7.11 Å². The predicted molar refractivity (Wildman–Crippen MR) is 153 cm³/mol. The van der Waals surface area contributed by atoms with Crippen LogP contribution in [0.1, 0.15) is 52.2 Å². The van der Waals surface area contributed by atoms with Crippen LogP contribution in [0.4, 0.5) is 0 Å². The Hall–Kier alpha value is -4.85. The van der Waals surface area contributed by atoms with Crippen molar-refractivity contribution in [3.05, 3.63) is 101 Å². The lowest BCUT2D eigenvalue weighted by Gasteiger charge is -2.16. The number of aromatic nitrogens is 1. The standard InChI is InChI=1S/C33H31NO7/c1-21-26(34-32(40-21)22-10-4-3-5-11-22)20-39-31-19-25-23(16-17-27(25)35)18-24(31)12-6-7-15-30(33(36)37)41-29-14-9-8-13-28(29)38-2/h3-6,8-14,18-19,30H,7,15-17,20H2,1-2H3,(H,36,37)/b12-6+. The fourth-order valence-corrected chi connectivity index (χ4v) is 4.72. The number of allylic oxidation sites excluding steroid dienone is 1. The molecule has 0 fully saturated rings. The van der Waals surface area contributed by atoms with Crippen molar-refractivity contribution in [2.24, 2.45) is 0 Å². The number of aryl methyl sites for hydroxylation is 2. The number of nitrogens with zero attached hydrogens (tertiary/aromatic N) is 1. The fraction of sp³-hybridized carbons (Fsp3) is 0.242. The summed E-state index contributed by atoms with van der Waals surface area (Å²) in [7, 11) is 1.51. The molecule has 210 valence electrons. The maximum absolute atomic E-state index is 12.4. The Morgan fingerprint density at radius 1 is 1.05 bits per heavy atom. The van der Waals surface area contributed by atoms with Crippen molar-refractivity contribution >= 4 is 17.8 Å². The van der Waals surface area contributed by atoms with Crippen LogP contribution in [-0.2, 0) is 17.8 Å². The van der Waals surface area contributed by atoms with Crippen LogP contribution in [0, 0.1) is 6.92 Å². The number of hydrogen-bond acceptors (Lipinski definition) is 7. The molecule has 1 atom stereocenters. The van der Waals surface area contributed by atoms with Gasteiger partial charge >= 0.3 is 5.97 Å². The number of aliphatic carboxylic acids is 1. The first-order valence-electron chi connectivity index (χ1n) is 13.5. The molecule has 5 rings (SSSR count). The number of oxazole rings is 1. The second-order valence-corrected chi connectivity index (χ2v) is 9.72. The van der Waals surface area contributed by atoms with Gasteiger partial charge in [-0.2, -0.15) is 0 Å². The van der Waals surface area contributed by atoms with Gasteiger partial charge in [-0.3, -0.25) is 4.79 Å². The molecule has 0 bridgehead atoms. The number of rotatable bonds is 12. The number of ketones is 1. The molecule has 1 heterocycles. The van der Waals surface area contributed by atoms with Gasteiger partial charge in [0, 0.05) is 23.1 Å². The van der Waals surface area contributed by atoms with Gasteiger partial charge in [0.05, 0.1) is 7.11 Å². The van der Waals surface area contributed by atoms with Gasteiger partial charge in [-0.05, 0) is 68.1 Å². The predicted octanol–water partition coefficient (Wildman–Crippen LogP) is 6.69. The molecule has 3 aromatic carbocycles. The molecule has 1 aromatic heterocycles. The lowest BCUT2D eigenvalue weighted by atomic mass is 10.0. The van der Waals surface area contributed by atoms with E-state index in [9.17, 15) is 14.7 Å². The molecular weight excluding hydrogens is 522 g/mol. The molecular formula is C33H31NO7. The van der Waals surface area contributed by atoms with Crippen molar-refractivity contribution in [1.29, 1.82) is 0 Å². The molecule has 0 saturated carbocycles. The van der Waals surface area contributed by atoms with Gasteiger partial charge in [0.25, 0.3) is 0 Å². The molecule has 0 spiro atoms. The van der Waals surface area contributed by atoms with Crippen molar-refractivity contribution in [3.63, 3.8) is 0 Å². The smallest absolute Gasteiger partial charge is 0.344 e. The highest BCUT2D eigenvalue weighted by molar-refractivity contribution is 6.01. The number of carbonyl (C=O) groups is 2. The second-order valence-electron chi connectivity index (χ2n) is 9.72.